The molecule has 0 aliphatic rings. The summed E-state index contributed by atoms with van der Waals surface area (Å²) in [6, 6.07) is 3.67. The van der Waals surface area contributed by atoms with Crippen molar-refractivity contribution in [1.82, 2.24) is 0 Å². The Balaban J connectivity index is 2.60. The number of rotatable bonds is 3. The monoisotopic (exact) mass is 286 g/mol. The lowest BCUT2D eigenvalue weighted by Gasteiger charge is -2.07. The molecule has 0 aliphatic carbocycles. The Kier molecular flexibility index (Phi) is 3.67. The first-order valence-corrected chi connectivity index (χ1v) is 6.72. The molecule has 0 fully saturated rings. The quantitative estimate of drug-likeness (QED) is 0.731. The summed E-state index contributed by atoms with van der Waals surface area (Å²) in [6.07, 6.45) is -2.92. The van der Waals surface area contributed by atoms with Crippen molar-refractivity contribution in [2.45, 2.75) is 26.4 Å². The van der Waals surface area contributed by atoms with Crippen LogP contribution in [0.5, 0.6) is 0 Å². The van der Waals surface area contributed by atoms with Crippen molar-refractivity contribution in [3.8, 4) is 0 Å². The lowest BCUT2D eigenvalue weighted by atomic mass is 9.99. The Morgan fingerprint density at radius 3 is 2.53 bits per heavy atom. The molecule has 102 valence electrons. The van der Waals surface area contributed by atoms with Crippen LogP contribution in [-0.2, 0) is 12.6 Å². The first-order chi connectivity index (χ1) is 8.82. The molecule has 2 aromatic rings. The SMILES string of the molecule is CC(C)Cc1c(C=O)sc2cc(C(F)(F)F)ccc12. The van der Waals surface area contributed by atoms with Crippen LogP contribution in [-0.4, -0.2) is 6.29 Å². The third-order valence-corrected chi connectivity index (χ3v) is 3.99. The summed E-state index contributed by atoms with van der Waals surface area (Å²) >= 11 is 1.13. The van der Waals surface area contributed by atoms with Crippen molar-refractivity contribution < 1.29 is 18.0 Å². The highest BCUT2D eigenvalue weighted by atomic mass is 32.1. The van der Waals surface area contributed by atoms with Gasteiger partial charge in [-0.25, -0.2) is 0 Å². The zero-order valence-corrected chi connectivity index (χ0v) is 11.4. The van der Waals surface area contributed by atoms with E-state index in [2.05, 4.69) is 0 Å². The number of thiophene rings is 1. The molecule has 5 heteroatoms. The molecule has 0 saturated heterocycles. The van der Waals surface area contributed by atoms with Crippen LogP contribution in [0.2, 0.25) is 0 Å². The molecule has 1 aromatic heterocycles. The highest BCUT2D eigenvalue weighted by molar-refractivity contribution is 7.20. The molecule has 0 unspecified atom stereocenters. The summed E-state index contributed by atoms with van der Waals surface area (Å²) in [6.45, 7) is 4.03. The summed E-state index contributed by atoms with van der Waals surface area (Å²) in [5.74, 6) is 0.346. The van der Waals surface area contributed by atoms with Crippen LogP contribution in [0, 0.1) is 5.92 Å². The van der Waals surface area contributed by atoms with E-state index in [-0.39, 0.29) is 0 Å². The fourth-order valence-electron chi connectivity index (χ4n) is 2.06. The zero-order chi connectivity index (χ0) is 14.2. The number of benzene rings is 1. The molecule has 0 bridgehead atoms. The normalized spacial score (nSPS) is 12.3. The smallest absolute Gasteiger partial charge is 0.297 e. The van der Waals surface area contributed by atoms with Crippen molar-refractivity contribution >= 4 is 27.7 Å². The largest absolute Gasteiger partial charge is 0.416 e. The molecule has 0 spiro atoms. The molecule has 0 saturated carbocycles. The van der Waals surface area contributed by atoms with Crippen molar-refractivity contribution in [3.63, 3.8) is 0 Å². The second-order valence-corrected chi connectivity index (χ2v) is 5.95. The average molecular weight is 286 g/mol. The minimum absolute atomic E-state index is 0.346. The molecule has 0 amide bonds. The van der Waals surface area contributed by atoms with E-state index in [9.17, 15) is 18.0 Å². The Morgan fingerprint density at radius 2 is 2.00 bits per heavy atom. The molecule has 0 radical (unpaired) electrons. The van der Waals surface area contributed by atoms with E-state index >= 15 is 0 Å². The Morgan fingerprint density at radius 1 is 1.32 bits per heavy atom. The van der Waals surface area contributed by atoms with E-state index in [1.807, 2.05) is 13.8 Å². The van der Waals surface area contributed by atoms with Gasteiger partial charge in [-0.15, -0.1) is 11.3 Å². The van der Waals surface area contributed by atoms with Gasteiger partial charge in [0.05, 0.1) is 10.4 Å². The maximum absolute atomic E-state index is 12.7. The van der Waals surface area contributed by atoms with Gasteiger partial charge in [0.25, 0.3) is 0 Å². The standard InChI is InChI=1S/C14H13F3OS/c1-8(2)5-11-10-4-3-9(14(15,16)17)6-12(10)19-13(11)7-18/h3-4,6-8H,5H2,1-2H3. The van der Waals surface area contributed by atoms with Crippen LogP contribution in [0.4, 0.5) is 13.2 Å². The number of hydrogen-bond acceptors (Lipinski definition) is 2. The second kappa shape index (κ2) is 4.96. The lowest BCUT2D eigenvalue weighted by Crippen LogP contribution is -2.04. The third kappa shape index (κ3) is 2.81. The highest BCUT2D eigenvalue weighted by Gasteiger charge is 2.31. The molecular formula is C14H13F3OS. The van der Waals surface area contributed by atoms with Gasteiger partial charge in [0.1, 0.15) is 0 Å². The van der Waals surface area contributed by atoms with E-state index < -0.39 is 11.7 Å². The van der Waals surface area contributed by atoms with E-state index in [0.29, 0.717) is 21.9 Å². The number of aldehydes is 1. The average Bonchev–Trinajstić information content (AvgIpc) is 2.65. The number of carbonyl (C=O) groups is 1. The Labute approximate surface area is 113 Å². The summed E-state index contributed by atoms with van der Waals surface area (Å²) in [5.41, 5.74) is 0.188. The van der Waals surface area contributed by atoms with Gasteiger partial charge in [0.2, 0.25) is 0 Å². The molecule has 1 heterocycles. The Bertz CT molecular complexity index is 611. The fourth-order valence-corrected chi connectivity index (χ4v) is 3.15. The van der Waals surface area contributed by atoms with Crippen LogP contribution < -0.4 is 0 Å². The fraction of sp³-hybridized carbons (Fsp3) is 0.357. The number of carbonyl (C=O) groups excluding carboxylic acids is 1. The van der Waals surface area contributed by atoms with Gasteiger partial charge in [-0.05, 0) is 35.4 Å². The van der Waals surface area contributed by atoms with Crippen LogP contribution in [0.3, 0.4) is 0 Å². The zero-order valence-electron chi connectivity index (χ0n) is 10.5. The summed E-state index contributed by atoms with van der Waals surface area (Å²) < 4.78 is 38.5. The minimum Gasteiger partial charge on any atom is -0.297 e. The van der Waals surface area contributed by atoms with E-state index in [1.54, 1.807) is 0 Å². The van der Waals surface area contributed by atoms with Gasteiger partial charge < -0.3 is 0 Å². The minimum atomic E-state index is -4.35. The first-order valence-electron chi connectivity index (χ1n) is 5.90. The first kappa shape index (κ1) is 14.1. The molecule has 0 aliphatic heterocycles. The molecule has 19 heavy (non-hydrogen) atoms. The third-order valence-electron chi connectivity index (χ3n) is 2.87. The van der Waals surface area contributed by atoms with Gasteiger partial charge in [0.15, 0.2) is 6.29 Å². The van der Waals surface area contributed by atoms with Crippen molar-refractivity contribution in [3.05, 3.63) is 34.2 Å². The summed E-state index contributed by atoms with van der Waals surface area (Å²) in [4.78, 5) is 11.6. The van der Waals surface area contributed by atoms with E-state index in [0.717, 1.165) is 40.7 Å². The van der Waals surface area contributed by atoms with Crippen LogP contribution in [0.25, 0.3) is 10.1 Å². The predicted molar refractivity (Wildman–Crippen MR) is 70.8 cm³/mol. The van der Waals surface area contributed by atoms with Crippen molar-refractivity contribution in [1.29, 1.82) is 0 Å². The van der Waals surface area contributed by atoms with Crippen LogP contribution >= 0.6 is 11.3 Å². The number of fused-ring (bicyclic) bond motifs is 1. The Hall–Kier alpha value is -1.36. The summed E-state index contributed by atoms with van der Waals surface area (Å²) in [7, 11) is 0. The number of alkyl halides is 3. The van der Waals surface area contributed by atoms with E-state index in [4.69, 9.17) is 0 Å². The maximum atomic E-state index is 12.7. The van der Waals surface area contributed by atoms with Gasteiger partial charge >= 0.3 is 6.18 Å². The molecule has 1 aromatic carbocycles. The topological polar surface area (TPSA) is 17.1 Å². The predicted octanol–water partition coefficient (Wildman–Crippen LogP) is 4.93. The summed E-state index contributed by atoms with van der Waals surface area (Å²) in [5, 5.41) is 0.758. The van der Waals surface area contributed by atoms with Crippen molar-refractivity contribution in [2.24, 2.45) is 5.92 Å². The van der Waals surface area contributed by atoms with Gasteiger partial charge in [-0.2, -0.15) is 13.2 Å². The lowest BCUT2D eigenvalue weighted by molar-refractivity contribution is -0.137. The van der Waals surface area contributed by atoms with E-state index in [1.165, 1.54) is 6.07 Å². The molecule has 0 atom stereocenters. The number of halogens is 3. The molecule has 0 N–H and O–H groups in total. The molecule has 2 rings (SSSR count). The molecule has 1 nitrogen and oxygen atoms in total. The molecular weight excluding hydrogens is 273 g/mol. The van der Waals surface area contributed by atoms with Crippen molar-refractivity contribution in [2.75, 3.05) is 0 Å². The van der Waals surface area contributed by atoms with Gasteiger partial charge in [-0.1, -0.05) is 19.9 Å². The maximum Gasteiger partial charge on any atom is 0.416 e. The van der Waals surface area contributed by atoms with Crippen LogP contribution in [0.15, 0.2) is 18.2 Å². The number of hydrogen-bond donors (Lipinski definition) is 0. The van der Waals surface area contributed by atoms with Gasteiger partial charge in [-0.3, -0.25) is 4.79 Å². The highest BCUT2D eigenvalue weighted by Crippen LogP contribution is 2.37. The van der Waals surface area contributed by atoms with Crippen LogP contribution in [0.1, 0.15) is 34.6 Å². The second-order valence-electron chi connectivity index (χ2n) is 4.87. The van der Waals surface area contributed by atoms with Gasteiger partial charge in [0, 0.05) is 4.70 Å².